The summed E-state index contributed by atoms with van der Waals surface area (Å²) in [5.74, 6) is 1.57. The first-order valence-corrected chi connectivity index (χ1v) is 8.88. The zero-order valence-corrected chi connectivity index (χ0v) is 15.5. The number of ether oxygens (including phenoxy) is 2. The van der Waals surface area contributed by atoms with E-state index in [4.69, 9.17) is 32.7 Å². The molecule has 0 fully saturated rings. The van der Waals surface area contributed by atoms with E-state index in [0.29, 0.717) is 22.4 Å². The van der Waals surface area contributed by atoms with Gasteiger partial charge < -0.3 is 14.8 Å². The summed E-state index contributed by atoms with van der Waals surface area (Å²) in [6.45, 7) is 5.56. The van der Waals surface area contributed by atoms with Crippen LogP contribution in [0.1, 0.15) is 26.7 Å². The summed E-state index contributed by atoms with van der Waals surface area (Å²) in [5, 5.41) is 4.55. The zero-order chi connectivity index (χ0) is 17.4. The molecule has 130 valence electrons. The van der Waals surface area contributed by atoms with Gasteiger partial charge in [0.05, 0.1) is 17.7 Å². The maximum absolute atomic E-state index is 6.06. The zero-order valence-electron chi connectivity index (χ0n) is 14.0. The molecule has 0 aliphatic rings. The Bertz CT molecular complexity index is 630. The quantitative estimate of drug-likeness (QED) is 0.547. The lowest BCUT2D eigenvalue weighted by Crippen LogP contribution is -2.06. The Balaban J connectivity index is 1.62. The fraction of sp³-hybridized carbons (Fsp3) is 0.368. The number of hydrogen-bond donors (Lipinski definition) is 1. The summed E-state index contributed by atoms with van der Waals surface area (Å²) in [7, 11) is 0. The Labute approximate surface area is 153 Å². The fourth-order valence-corrected chi connectivity index (χ4v) is 2.62. The summed E-state index contributed by atoms with van der Waals surface area (Å²) in [4.78, 5) is 0. The van der Waals surface area contributed by atoms with Gasteiger partial charge in [0, 0.05) is 17.3 Å². The van der Waals surface area contributed by atoms with Crippen LogP contribution in [0.3, 0.4) is 0 Å². The van der Waals surface area contributed by atoms with E-state index < -0.39 is 0 Å². The molecule has 0 radical (unpaired) electrons. The molecule has 0 saturated carbocycles. The van der Waals surface area contributed by atoms with Crippen molar-refractivity contribution in [1.29, 1.82) is 0 Å². The topological polar surface area (TPSA) is 30.5 Å². The molecule has 0 bridgehead atoms. The van der Waals surface area contributed by atoms with Crippen molar-refractivity contribution in [1.82, 2.24) is 0 Å². The van der Waals surface area contributed by atoms with E-state index >= 15 is 0 Å². The predicted molar refractivity (Wildman–Crippen MR) is 102 cm³/mol. The monoisotopic (exact) mass is 367 g/mol. The number of unbranched alkanes of at least 4 members (excludes halogenated alkanes) is 1. The fourth-order valence-electron chi connectivity index (χ4n) is 2.16. The molecule has 0 unspecified atom stereocenters. The second-order valence-electron chi connectivity index (χ2n) is 5.75. The van der Waals surface area contributed by atoms with E-state index in [-0.39, 0.29) is 6.10 Å². The molecule has 0 aliphatic carbocycles. The Morgan fingerprint density at radius 3 is 2.42 bits per heavy atom. The molecule has 0 aromatic heterocycles. The number of nitrogens with one attached hydrogen (secondary N) is 1. The van der Waals surface area contributed by atoms with Gasteiger partial charge in [-0.2, -0.15) is 0 Å². The molecule has 1 N–H and O–H groups in total. The van der Waals surface area contributed by atoms with Crippen LogP contribution in [0.15, 0.2) is 42.5 Å². The first kappa shape index (κ1) is 18.8. The van der Waals surface area contributed by atoms with Crippen molar-refractivity contribution in [3.63, 3.8) is 0 Å². The minimum Gasteiger partial charge on any atom is -0.492 e. The van der Waals surface area contributed by atoms with Crippen LogP contribution in [0.5, 0.6) is 11.5 Å². The van der Waals surface area contributed by atoms with E-state index in [9.17, 15) is 0 Å². The van der Waals surface area contributed by atoms with Gasteiger partial charge in [0.1, 0.15) is 11.5 Å². The van der Waals surface area contributed by atoms with Crippen molar-refractivity contribution >= 4 is 28.9 Å². The standard InChI is InChI=1S/C19H23Cl2NO2/c1-14(2)24-17-8-6-16(7-9-17)22-11-3-4-12-23-19-10-5-15(20)13-18(19)21/h5-10,13-14,22H,3-4,11-12H2,1-2H3. The second kappa shape index (κ2) is 9.65. The minimum atomic E-state index is 0.193. The molecule has 0 aliphatic heterocycles. The van der Waals surface area contributed by atoms with Crippen LogP contribution in [0.2, 0.25) is 10.0 Å². The Morgan fingerprint density at radius 1 is 1.00 bits per heavy atom. The summed E-state index contributed by atoms with van der Waals surface area (Å²) in [6, 6.07) is 13.3. The van der Waals surface area contributed by atoms with Crippen LogP contribution in [-0.2, 0) is 0 Å². The highest BCUT2D eigenvalue weighted by Crippen LogP contribution is 2.27. The summed E-state index contributed by atoms with van der Waals surface area (Å²) >= 11 is 11.9. The molecule has 5 heteroatoms. The van der Waals surface area contributed by atoms with Gasteiger partial charge in [0.2, 0.25) is 0 Å². The molecule has 2 aromatic rings. The van der Waals surface area contributed by atoms with Crippen molar-refractivity contribution in [3.8, 4) is 11.5 Å². The number of benzene rings is 2. The molecular weight excluding hydrogens is 345 g/mol. The van der Waals surface area contributed by atoms with Crippen molar-refractivity contribution < 1.29 is 9.47 Å². The normalized spacial score (nSPS) is 10.7. The van der Waals surface area contributed by atoms with Gasteiger partial charge in [0.15, 0.2) is 0 Å². The highest BCUT2D eigenvalue weighted by Gasteiger charge is 2.02. The molecule has 24 heavy (non-hydrogen) atoms. The van der Waals surface area contributed by atoms with Crippen molar-refractivity contribution in [2.45, 2.75) is 32.8 Å². The first-order chi connectivity index (χ1) is 11.5. The maximum Gasteiger partial charge on any atom is 0.137 e. The molecule has 0 saturated heterocycles. The van der Waals surface area contributed by atoms with Crippen molar-refractivity contribution in [3.05, 3.63) is 52.5 Å². The van der Waals surface area contributed by atoms with Crippen LogP contribution in [0.25, 0.3) is 0 Å². The number of halogens is 2. The molecule has 0 amide bonds. The van der Waals surface area contributed by atoms with E-state index in [2.05, 4.69) is 5.32 Å². The maximum atomic E-state index is 6.06. The van der Waals surface area contributed by atoms with Crippen LogP contribution in [0.4, 0.5) is 5.69 Å². The number of rotatable bonds is 9. The third-order valence-corrected chi connectivity index (χ3v) is 3.81. The van der Waals surface area contributed by atoms with Gasteiger partial charge in [-0.05, 0) is 69.2 Å². The molecule has 0 heterocycles. The molecule has 0 spiro atoms. The molecule has 3 nitrogen and oxygen atoms in total. The minimum absolute atomic E-state index is 0.193. The van der Waals surface area contributed by atoms with Crippen molar-refractivity contribution in [2.75, 3.05) is 18.5 Å². The van der Waals surface area contributed by atoms with Crippen LogP contribution >= 0.6 is 23.2 Å². The average Bonchev–Trinajstić information content (AvgIpc) is 2.53. The number of hydrogen-bond acceptors (Lipinski definition) is 3. The van der Waals surface area contributed by atoms with Crippen LogP contribution in [-0.4, -0.2) is 19.3 Å². The summed E-state index contributed by atoms with van der Waals surface area (Å²) in [6.07, 6.45) is 2.15. The molecular formula is C19H23Cl2NO2. The lowest BCUT2D eigenvalue weighted by atomic mass is 10.2. The molecule has 2 rings (SSSR count). The van der Waals surface area contributed by atoms with Gasteiger partial charge in [-0.15, -0.1) is 0 Å². The van der Waals surface area contributed by atoms with Crippen LogP contribution in [0, 0.1) is 0 Å². The number of anilines is 1. The first-order valence-electron chi connectivity index (χ1n) is 8.13. The molecule has 0 atom stereocenters. The average molecular weight is 368 g/mol. The Hall–Kier alpha value is -1.58. The largest absolute Gasteiger partial charge is 0.492 e. The summed E-state index contributed by atoms with van der Waals surface area (Å²) in [5.41, 5.74) is 1.09. The smallest absolute Gasteiger partial charge is 0.137 e. The highest BCUT2D eigenvalue weighted by molar-refractivity contribution is 6.35. The lowest BCUT2D eigenvalue weighted by molar-refractivity contribution is 0.242. The van der Waals surface area contributed by atoms with E-state index in [0.717, 1.165) is 30.8 Å². The lowest BCUT2D eigenvalue weighted by Gasteiger charge is -2.11. The van der Waals surface area contributed by atoms with Gasteiger partial charge in [-0.1, -0.05) is 23.2 Å². The van der Waals surface area contributed by atoms with Gasteiger partial charge in [-0.3, -0.25) is 0 Å². The van der Waals surface area contributed by atoms with E-state index in [1.165, 1.54) is 0 Å². The highest BCUT2D eigenvalue weighted by atomic mass is 35.5. The second-order valence-corrected chi connectivity index (χ2v) is 6.59. The summed E-state index contributed by atoms with van der Waals surface area (Å²) < 4.78 is 11.3. The van der Waals surface area contributed by atoms with Crippen molar-refractivity contribution in [2.24, 2.45) is 0 Å². The third-order valence-electron chi connectivity index (χ3n) is 3.28. The van der Waals surface area contributed by atoms with Gasteiger partial charge in [-0.25, -0.2) is 0 Å². The molecule has 2 aromatic carbocycles. The SMILES string of the molecule is CC(C)Oc1ccc(NCCCCOc2ccc(Cl)cc2Cl)cc1. The van der Waals surface area contributed by atoms with E-state index in [1.54, 1.807) is 18.2 Å². The van der Waals surface area contributed by atoms with Gasteiger partial charge >= 0.3 is 0 Å². The predicted octanol–water partition coefficient (Wildman–Crippen LogP) is 6.05. The Morgan fingerprint density at radius 2 is 1.75 bits per heavy atom. The van der Waals surface area contributed by atoms with E-state index in [1.807, 2.05) is 38.1 Å². The Kier molecular flexibility index (Phi) is 7.54. The van der Waals surface area contributed by atoms with Crippen LogP contribution < -0.4 is 14.8 Å². The third kappa shape index (κ3) is 6.50. The van der Waals surface area contributed by atoms with Gasteiger partial charge in [0.25, 0.3) is 0 Å².